The third kappa shape index (κ3) is 33.1. The molecule has 1 aliphatic heterocycles. The maximum absolute atomic E-state index is 12.5. The quantitative estimate of drug-likeness (QED) is 0.0157. The fraction of sp³-hybridized carbons (Fsp3) is 0.744. The normalized spacial score (nSPS) is 17.9. The molecule has 4 atom stereocenters. The van der Waals surface area contributed by atoms with Gasteiger partial charge in [0.25, 0.3) is 0 Å². The summed E-state index contributed by atoms with van der Waals surface area (Å²) in [6.45, 7) is 4.07. The van der Waals surface area contributed by atoms with Gasteiger partial charge in [0.2, 0.25) is 0 Å². The van der Waals surface area contributed by atoms with E-state index >= 15 is 0 Å². The van der Waals surface area contributed by atoms with E-state index in [1.807, 2.05) is 6.08 Å². The Morgan fingerprint density at radius 3 is 1.81 bits per heavy atom. The lowest BCUT2D eigenvalue weighted by molar-refractivity contribution is -0.153. The number of rotatable bonds is 38. The second kappa shape index (κ2) is 35.7. The largest absolute Gasteiger partial charge is 0.498 e. The fourth-order valence-corrected chi connectivity index (χ4v) is 6.54. The molecule has 1 heterocycles. The summed E-state index contributed by atoms with van der Waals surface area (Å²) in [7, 11) is -4.31. The maximum Gasteiger partial charge on any atom is 0.472 e. The molecule has 0 amide bonds. The van der Waals surface area contributed by atoms with Crippen LogP contribution in [0.5, 0.6) is 0 Å². The summed E-state index contributed by atoms with van der Waals surface area (Å²) in [5.41, 5.74) is 5.35. The summed E-state index contributed by atoms with van der Waals surface area (Å²) in [4.78, 5) is 22.4. The number of carbonyl (C=O) groups excluding carboxylic acids is 1. The van der Waals surface area contributed by atoms with Crippen molar-refractivity contribution in [1.29, 1.82) is 0 Å². The molecule has 306 valence electrons. The zero-order chi connectivity index (χ0) is 38.5. The highest BCUT2D eigenvalue weighted by Crippen LogP contribution is 2.43. The molecule has 0 bridgehead atoms. The molecule has 0 saturated carbocycles. The predicted molar refractivity (Wildman–Crippen MR) is 219 cm³/mol. The fourth-order valence-electron chi connectivity index (χ4n) is 5.77. The SMILES string of the molecule is CCCCCCCCCCCCCCCCC=COCC(COP(=O)(O)OCCN)OC(=O)CCCC=CCC=CCC=CCC=CCC1OC1CC. The van der Waals surface area contributed by atoms with Crippen LogP contribution in [0.15, 0.2) is 60.9 Å². The molecule has 4 unspecified atom stereocenters. The van der Waals surface area contributed by atoms with Crippen LogP contribution < -0.4 is 5.73 Å². The monoisotopic (exact) mass is 766 g/mol. The third-order valence-corrected chi connectivity index (χ3v) is 9.97. The Bertz CT molecular complexity index is 1060. The molecule has 1 aliphatic rings. The van der Waals surface area contributed by atoms with Crippen LogP contribution in [0.4, 0.5) is 0 Å². The third-order valence-electron chi connectivity index (χ3n) is 8.99. The minimum Gasteiger partial charge on any atom is -0.498 e. The van der Waals surface area contributed by atoms with Crippen LogP contribution in [0.2, 0.25) is 0 Å². The molecule has 0 aliphatic carbocycles. The van der Waals surface area contributed by atoms with Crippen LogP contribution in [0.1, 0.15) is 162 Å². The Morgan fingerprint density at radius 2 is 1.25 bits per heavy atom. The van der Waals surface area contributed by atoms with Crippen molar-refractivity contribution in [2.24, 2.45) is 5.73 Å². The Balaban J connectivity index is 2.19. The van der Waals surface area contributed by atoms with Gasteiger partial charge in [0.1, 0.15) is 6.61 Å². The zero-order valence-corrected chi connectivity index (χ0v) is 34.3. The van der Waals surface area contributed by atoms with E-state index < -0.39 is 19.9 Å². The molecule has 10 heteroatoms. The van der Waals surface area contributed by atoms with E-state index in [1.165, 1.54) is 83.5 Å². The van der Waals surface area contributed by atoms with Gasteiger partial charge in [-0.2, -0.15) is 0 Å². The van der Waals surface area contributed by atoms with Gasteiger partial charge < -0.3 is 24.8 Å². The first-order valence-corrected chi connectivity index (χ1v) is 22.4. The minimum absolute atomic E-state index is 0.00523. The first-order valence-electron chi connectivity index (χ1n) is 20.9. The van der Waals surface area contributed by atoms with Crippen molar-refractivity contribution in [2.45, 2.75) is 180 Å². The number of phosphoric acid groups is 1. The van der Waals surface area contributed by atoms with E-state index in [0.29, 0.717) is 18.6 Å². The van der Waals surface area contributed by atoms with Crippen molar-refractivity contribution in [2.75, 3.05) is 26.4 Å². The molecule has 0 aromatic rings. The number of hydrogen-bond donors (Lipinski definition) is 2. The number of ether oxygens (including phenoxy) is 3. The van der Waals surface area contributed by atoms with E-state index in [9.17, 15) is 14.3 Å². The average Bonchev–Trinajstić information content (AvgIpc) is 3.92. The molecule has 0 radical (unpaired) electrons. The number of allylic oxidation sites excluding steroid dienone is 8. The van der Waals surface area contributed by atoms with Crippen molar-refractivity contribution in [3.63, 3.8) is 0 Å². The van der Waals surface area contributed by atoms with Gasteiger partial charge in [-0.1, -0.05) is 146 Å². The average molecular weight is 766 g/mol. The van der Waals surface area contributed by atoms with Gasteiger partial charge in [0.15, 0.2) is 6.10 Å². The first-order chi connectivity index (χ1) is 25.9. The molecule has 9 nitrogen and oxygen atoms in total. The summed E-state index contributed by atoms with van der Waals surface area (Å²) in [5.74, 6) is -0.412. The number of carbonyl (C=O) groups is 1. The number of hydrogen-bond acceptors (Lipinski definition) is 8. The highest BCUT2D eigenvalue weighted by atomic mass is 31.2. The lowest BCUT2D eigenvalue weighted by Gasteiger charge is -2.19. The Kier molecular flexibility index (Phi) is 33.0. The van der Waals surface area contributed by atoms with Crippen LogP contribution in [0, 0.1) is 0 Å². The van der Waals surface area contributed by atoms with Gasteiger partial charge in [-0.25, -0.2) is 4.57 Å². The van der Waals surface area contributed by atoms with Crippen molar-refractivity contribution in [3.05, 3.63) is 60.9 Å². The van der Waals surface area contributed by atoms with E-state index in [0.717, 1.165) is 51.4 Å². The number of unbranched alkanes of at least 4 members (excludes halogenated alkanes) is 15. The molecule has 1 fully saturated rings. The van der Waals surface area contributed by atoms with Gasteiger partial charge in [0.05, 0.1) is 31.7 Å². The van der Waals surface area contributed by atoms with Crippen molar-refractivity contribution in [1.82, 2.24) is 0 Å². The van der Waals surface area contributed by atoms with E-state index in [-0.39, 0.29) is 32.8 Å². The van der Waals surface area contributed by atoms with Crippen LogP contribution in [-0.2, 0) is 32.6 Å². The standard InChI is InChI=1S/C43H76NO8P/c1-3-5-6-7-8-9-10-11-12-13-17-20-23-26-29-32-36-48-38-40(39-50-53(46,47)49-37-35-44)51-43(45)34-31-28-25-22-19-16-14-15-18-21-24-27-30-33-42-41(4-2)52-42/h14,16,18,21-22,25,27,30,32,36,40-42H,3-13,15,17,19-20,23-24,26,28-29,31,33-35,37-39,44H2,1-2H3,(H,46,47). The summed E-state index contributed by atoms with van der Waals surface area (Å²) in [6, 6.07) is 0. The number of esters is 1. The van der Waals surface area contributed by atoms with Gasteiger partial charge in [-0.15, -0.1) is 0 Å². The number of nitrogens with two attached hydrogens (primary N) is 1. The van der Waals surface area contributed by atoms with Crippen molar-refractivity contribution >= 4 is 13.8 Å². The molecule has 0 aromatic carbocycles. The predicted octanol–water partition coefficient (Wildman–Crippen LogP) is 11.5. The second-order valence-electron chi connectivity index (χ2n) is 13.9. The molecule has 53 heavy (non-hydrogen) atoms. The second-order valence-corrected chi connectivity index (χ2v) is 15.4. The highest BCUT2D eigenvalue weighted by molar-refractivity contribution is 7.47. The van der Waals surface area contributed by atoms with Crippen molar-refractivity contribution < 1.29 is 37.5 Å². The van der Waals surface area contributed by atoms with Gasteiger partial charge in [-0.05, 0) is 63.9 Å². The van der Waals surface area contributed by atoms with Gasteiger partial charge >= 0.3 is 13.8 Å². The zero-order valence-electron chi connectivity index (χ0n) is 33.4. The van der Waals surface area contributed by atoms with Gasteiger partial charge in [-0.3, -0.25) is 13.8 Å². The highest BCUT2D eigenvalue weighted by Gasteiger charge is 2.35. The molecule has 0 spiro atoms. The van der Waals surface area contributed by atoms with E-state index in [2.05, 4.69) is 62.5 Å². The number of epoxide rings is 1. The Hall–Kier alpha value is -2.00. The smallest absolute Gasteiger partial charge is 0.472 e. The minimum atomic E-state index is -4.31. The summed E-state index contributed by atoms with van der Waals surface area (Å²) < 4.78 is 38.6. The van der Waals surface area contributed by atoms with E-state index in [1.54, 1.807) is 6.26 Å². The topological polar surface area (TPSA) is 130 Å². The lowest BCUT2D eigenvalue weighted by Crippen LogP contribution is -2.27. The number of phosphoric ester groups is 1. The summed E-state index contributed by atoms with van der Waals surface area (Å²) >= 11 is 0. The van der Waals surface area contributed by atoms with Crippen LogP contribution in [0.3, 0.4) is 0 Å². The summed E-state index contributed by atoms with van der Waals surface area (Å²) in [6.07, 6.45) is 46.8. The molecular formula is C43H76NO8P. The van der Waals surface area contributed by atoms with E-state index in [4.69, 9.17) is 29.0 Å². The molecule has 1 rings (SSSR count). The van der Waals surface area contributed by atoms with Crippen LogP contribution in [-0.4, -0.2) is 55.5 Å². The van der Waals surface area contributed by atoms with Gasteiger partial charge in [0, 0.05) is 13.0 Å². The Morgan fingerprint density at radius 1 is 0.698 bits per heavy atom. The lowest BCUT2D eigenvalue weighted by atomic mass is 10.0. The molecule has 0 aromatic heterocycles. The first kappa shape index (κ1) is 49.0. The van der Waals surface area contributed by atoms with Crippen LogP contribution >= 0.6 is 7.82 Å². The van der Waals surface area contributed by atoms with Crippen LogP contribution in [0.25, 0.3) is 0 Å². The van der Waals surface area contributed by atoms with Crippen molar-refractivity contribution in [3.8, 4) is 0 Å². The molecule has 1 saturated heterocycles. The maximum atomic E-state index is 12.5. The summed E-state index contributed by atoms with van der Waals surface area (Å²) in [5, 5.41) is 0. The molecule has 3 N–H and O–H groups in total. The Labute approximate surface area is 323 Å². The molecular weight excluding hydrogens is 689 g/mol.